The molecule has 3 rings (SSSR count). The largest absolute Gasteiger partial charge is 0.302 e. The third kappa shape index (κ3) is 4.15. The normalized spacial score (nSPS) is 10.7. The summed E-state index contributed by atoms with van der Waals surface area (Å²) >= 11 is 1.46. The van der Waals surface area contributed by atoms with Crippen molar-refractivity contribution in [3.05, 3.63) is 69.6 Å². The number of carbonyl (C=O) groups is 1. The average molecular weight is 350 g/mol. The van der Waals surface area contributed by atoms with Crippen LogP contribution in [0.3, 0.4) is 0 Å². The van der Waals surface area contributed by atoms with Crippen LogP contribution in [0, 0.1) is 27.7 Å². The first-order chi connectivity index (χ1) is 11.9. The van der Waals surface area contributed by atoms with Gasteiger partial charge in [0.15, 0.2) is 5.13 Å². The van der Waals surface area contributed by atoms with Crippen LogP contribution in [0.5, 0.6) is 0 Å². The van der Waals surface area contributed by atoms with E-state index in [0.29, 0.717) is 11.6 Å². The minimum Gasteiger partial charge on any atom is -0.302 e. The maximum Gasteiger partial charge on any atom is 0.230 e. The van der Waals surface area contributed by atoms with Crippen LogP contribution >= 0.6 is 11.3 Å². The van der Waals surface area contributed by atoms with Crippen LogP contribution in [0.2, 0.25) is 0 Å². The molecule has 0 atom stereocenters. The quantitative estimate of drug-likeness (QED) is 0.700. The number of nitrogens with one attached hydrogen (secondary N) is 1. The van der Waals surface area contributed by atoms with E-state index >= 15 is 0 Å². The van der Waals surface area contributed by atoms with Crippen molar-refractivity contribution < 1.29 is 4.79 Å². The lowest BCUT2D eigenvalue weighted by Crippen LogP contribution is -2.14. The van der Waals surface area contributed by atoms with Crippen LogP contribution < -0.4 is 5.32 Å². The topological polar surface area (TPSA) is 42.0 Å². The van der Waals surface area contributed by atoms with Crippen LogP contribution in [0.1, 0.15) is 27.8 Å². The molecule has 1 amide bonds. The van der Waals surface area contributed by atoms with Crippen LogP contribution in [0.4, 0.5) is 5.13 Å². The van der Waals surface area contributed by atoms with Crippen LogP contribution in [-0.4, -0.2) is 10.9 Å². The van der Waals surface area contributed by atoms with E-state index in [2.05, 4.69) is 55.3 Å². The average Bonchev–Trinajstić information content (AvgIpc) is 2.98. The molecule has 0 saturated carbocycles. The number of nitrogens with zero attached hydrogens (tertiary/aromatic N) is 1. The SMILES string of the molecule is Cc1ccc(CC(=O)Nc2nc(-c3ccc(C)cc3C)cs2)c(C)c1. The van der Waals surface area contributed by atoms with E-state index in [1.807, 2.05) is 24.4 Å². The Morgan fingerprint density at radius 2 is 1.68 bits per heavy atom. The smallest absolute Gasteiger partial charge is 0.230 e. The number of thiazole rings is 1. The third-order valence-electron chi connectivity index (χ3n) is 4.26. The van der Waals surface area contributed by atoms with Crippen molar-refractivity contribution in [2.24, 2.45) is 0 Å². The molecule has 3 nitrogen and oxygen atoms in total. The van der Waals surface area contributed by atoms with Crippen molar-refractivity contribution in [3.63, 3.8) is 0 Å². The number of hydrogen-bond acceptors (Lipinski definition) is 3. The van der Waals surface area contributed by atoms with Gasteiger partial charge in [0.2, 0.25) is 5.91 Å². The van der Waals surface area contributed by atoms with Crippen LogP contribution in [-0.2, 0) is 11.2 Å². The molecule has 0 saturated heterocycles. The van der Waals surface area contributed by atoms with E-state index in [0.717, 1.165) is 22.4 Å². The summed E-state index contributed by atoms with van der Waals surface area (Å²) in [7, 11) is 0. The highest BCUT2D eigenvalue weighted by Gasteiger charge is 2.11. The Kier molecular flexibility index (Phi) is 5.00. The number of rotatable bonds is 4. The maximum atomic E-state index is 12.3. The number of aryl methyl sites for hydroxylation is 4. The zero-order valence-corrected chi connectivity index (χ0v) is 15.8. The van der Waals surface area contributed by atoms with E-state index in [1.54, 1.807) is 0 Å². The molecule has 1 N–H and O–H groups in total. The summed E-state index contributed by atoms with van der Waals surface area (Å²) in [6.07, 6.45) is 0.366. The number of carbonyl (C=O) groups excluding carboxylic acids is 1. The van der Waals surface area contributed by atoms with Gasteiger partial charge in [0, 0.05) is 10.9 Å². The molecular formula is C21H22N2OS. The second-order valence-electron chi connectivity index (χ2n) is 6.51. The molecule has 0 aliphatic rings. The predicted molar refractivity (Wildman–Crippen MR) is 105 cm³/mol. The van der Waals surface area contributed by atoms with Crippen LogP contribution in [0.15, 0.2) is 41.8 Å². The first-order valence-corrected chi connectivity index (χ1v) is 9.19. The summed E-state index contributed by atoms with van der Waals surface area (Å²) in [6.45, 7) is 8.26. The fourth-order valence-electron chi connectivity index (χ4n) is 2.94. The van der Waals surface area contributed by atoms with Gasteiger partial charge in [0.25, 0.3) is 0 Å². The highest BCUT2D eigenvalue weighted by molar-refractivity contribution is 7.14. The molecule has 0 spiro atoms. The van der Waals surface area contributed by atoms with E-state index in [-0.39, 0.29) is 5.91 Å². The number of hydrogen-bond donors (Lipinski definition) is 1. The molecule has 0 radical (unpaired) electrons. The number of aromatic nitrogens is 1. The number of benzene rings is 2. The minimum atomic E-state index is -0.0338. The summed E-state index contributed by atoms with van der Waals surface area (Å²) in [4.78, 5) is 16.9. The maximum absolute atomic E-state index is 12.3. The molecule has 3 aromatic rings. The molecular weight excluding hydrogens is 328 g/mol. The summed E-state index contributed by atoms with van der Waals surface area (Å²) in [5.74, 6) is -0.0338. The van der Waals surface area contributed by atoms with Crippen molar-refractivity contribution in [1.82, 2.24) is 4.98 Å². The second kappa shape index (κ2) is 7.19. The molecule has 4 heteroatoms. The van der Waals surface area contributed by atoms with Gasteiger partial charge in [-0.15, -0.1) is 11.3 Å². The fraction of sp³-hybridized carbons (Fsp3) is 0.238. The Morgan fingerprint density at radius 3 is 2.36 bits per heavy atom. The Hall–Kier alpha value is -2.46. The number of amides is 1. The highest BCUT2D eigenvalue weighted by Crippen LogP contribution is 2.28. The molecule has 0 aliphatic carbocycles. The van der Waals surface area contributed by atoms with Crippen molar-refractivity contribution >= 4 is 22.4 Å². The third-order valence-corrected chi connectivity index (χ3v) is 5.02. The molecule has 0 aliphatic heterocycles. The summed E-state index contributed by atoms with van der Waals surface area (Å²) in [5.41, 5.74) is 7.84. The van der Waals surface area contributed by atoms with E-state index in [1.165, 1.54) is 28.0 Å². The van der Waals surface area contributed by atoms with Gasteiger partial charge in [0.05, 0.1) is 12.1 Å². The monoisotopic (exact) mass is 350 g/mol. The second-order valence-corrected chi connectivity index (χ2v) is 7.37. The van der Waals surface area contributed by atoms with Gasteiger partial charge in [0.1, 0.15) is 0 Å². The molecule has 1 aromatic heterocycles. The van der Waals surface area contributed by atoms with Crippen LogP contribution in [0.25, 0.3) is 11.3 Å². The first kappa shape index (κ1) is 17.4. The van der Waals surface area contributed by atoms with E-state index in [4.69, 9.17) is 0 Å². The fourth-order valence-corrected chi connectivity index (χ4v) is 3.66. The lowest BCUT2D eigenvalue weighted by Gasteiger charge is -2.07. The van der Waals surface area contributed by atoms with Gasteiger partial charge in [-0.1, -0.05) is 47.5 Å². The Morgan fingerprint density at radius 1 is 1.00 bits per heavy atom. The molecule has 0 bridgehead atoms. The zero-order chi connectivity index (χ0) is 18.0. The highest BCUT2D eigenvalue weighted by atomic mass is 32.1. The Labute approximate surface area is 152 Å². The van der Waals surface area contributed by atoms with E-state index in [9.17, 15) is 4.79 Å². The molecule has 0 fully saturated rings. The minimum absolute atomic E-state index is 0.0338. The summed E-state index contributed by atoms with van der Waals surface area (Å²) in [5, 5.41) is 5.56. The van der Waals surface area contributed by atoms with Gasteiger partial charge < -0.3 is 5.32 Å². The van der Waals surface area contributed by atoms with Gasteiger partial charge >= 0.3 is 0 Å². The Bertz CT molecular complexity index is 927. The van der Waals surface area contributed by atoms with Crippen molar-refractivity contribution in [2.45, 2.75) is 34.1 Å². The number of anilines is 1. The predicted octanol–water partition coefficient (Wildman–Crippen LogP) is 5.22. The molecule has 25 heavy (non-hydrogen) atoms. The lowest BCUT2D eigenvalue weighted by atomic mass is 10.0. The van der Waals surface area contributed by atoms with Gasteiger partial charge in [-0.2, -0.15) is 0 Å². The van der Waals surface area contributed by atoms with Gasteiger partial charge in [-0.25, -0.2) is 4.98 Å². The van der Waals surface area contributed by atoms with Crippen molar-refractivity contribution in [2.75, 3.05) is 5.32 Å². The van der Waals surface area contributed by atoms with Gasteiger partial charge in [-0.3, -0.25) is 4.79 Å². The zero-order valence-electron chi connectivity index (χ0n) is 15.0. The summed E-state index contributed by atoms with van der Waals surface area (Å²) < 4.78 is 0. The van der Waals surface area contributed by atoms with E-state index < -0.39 is 0 Å². The standard InChI is InChI=1S/C21H22N2OS/c1-13-5-7-17(15(3)9-13)11-20(24)23-21-22-19(12-25-21)18-8-6-14(2)10-16(18)4/h5-10,12H,11H2,1-4H3,(H,22,23,24). The summed E-state index contributed by atoms with van der Waals surface area (Å²) in [6, 6.07) is 12.5. The molecule has 0 unspecified atom stereocenters. The molecule has 2 aromatic carbocycles. The Balaban J connectivity index is 1.71. The molecule has 1 heterocycles. The van der Waals surface area contributed by atoms with Crippen molar-refractivity contribution in [3.8, 4) is 11.3 Å². The van der Waals surface area contributed by atoms with Gasteiger partial charge in [-0.05, 0) is 44.4 Å². The molecule has 128 valence electrons. The lowest BCUT2D eigenvalue weighted by molar-refractivity contribution is -0.115. The first-order valence-electron chi connectivity index (χ1n) is 8.31. The van der Waals surface area contributed by atoms with Crippen molar-refractivity contribution in [1.29, 1.82) is 0 Å².